The molecule has 12 heteroatoms. The summed E-state index contributed by atoms with van der Waals surface area (Å²) < 4.78 is 59.2. The Labute approximate surface area is 194 Å². The van der Waals surface area contributed by atoms with Gasteiger partial charge in [-0.3, -0.25) is 9.97 Å². The summed E-state index contributed by atoms with van der Waals surface area (Å²) in [6, 6.07) is 23.1. The van der Waals surface area contributed by atoms with Crippen molar-refractivity contribution >= 4 is 7.81 Å². The summed E-state index contributed by atoms with van der Waals surface area (Å²) in [5.74, 6) is 0. The van der Waals surface area contributed by atoms with Crippen LogP contribution >= 0.6 is 7.81 Å². The molecule has 168 valence electrons. The number of nitrogens with zero attached hydrogens (tertiary/aromatic N) is 2. The van der Waals surface area contributed by atoms with E-state index in [0.717, 1.165) is 0 Å². The molecule has 0 saturated carbocycles. The Kier molecular flexibility index (Phi) is 15.6. The minimum Gasteiger partial charge on any atom is -0.265 e. The fourth-order valence-electron chi connectivity index (χ4n) is 1.31. The topological polar surface area (TPSA) is 54.1 Å². The second-order valence-electron chi connectivity index (χ2n) is 5.16. The van der Waals surface area contributed by atoms with Crippen LogP contribution in [0, 0.1) is 0 Å². The molecule has 2 N–H and O–H groups in total. The Balaban J connectivity index is 0. The molecule has 4 rings (SSSR count). The third kappa shape index (κ3) is 41.5. The Morgan fingerprint density at radius 2 is 0.625 bits per heavy atom. The van der Waals surface area contributed by atoms with E-state index < -0.39 is 7.81 Å². The number of nitrogens with one attached hydrogen (secondary N) is 2. The molecule has 0 aliphatic rings. The van der Waals surface area contributed by atoms with Crippen LogP contribution in [0.5, 0.6) is 0 Å². The van der Waals surface area contributed by atoms with E-state index in [2.05, 4.69) is 19.9 Å². The standard InChI is InChI=1S/4C5H5N.F6P.Li/c4*1-2-4-6-5-3-1;1-7(2,3,4,5)6;/h4*1-5H;;/q;;;;-1;+1/p+2. The summed E-state index contributed by atoms with van der Waals surface area (Å²) in [6.07, 6.45) is 14.5. The van der Waals surface area contributed by atoms with Crippen LogP contribution in [0.3, 0.4) is 0 Å². The average Bonchev–Trinajstić information content (AvgIpc) is 2.78. The van der Waals surface area contributed by atoms with Gasteiger partial charge in [0.15, 0.2) is 24.8 Å². The minimum atomic E-state index is -10.7. The summed E-state index contributed by atoms with van der Waals surface area (Å²) in [5.41, 5.74) is 0. The van der Waals surface area contributed by atoms with Crippen molar-refractivity contribution in [3.8, 4) is 0 Å². The van der Waals surface area contributed by atoms with Crippen LogP contribution in [0.15, 0.2) is 122 Å². The summed E-state index contributed by atoms with van der Waals surface area (Å²) >= 11 is 0. The van der Waals surface area contributed by atoms with Crippen LogP contribution < -0.4 is 28.8 Å². The predicted molar refractivity (Wildman–Crippen MR) is 108 cm³/mol. The first-order valence-electron chi connectivity index (χ1n) is 8.54. The second kappa shape index (κ2) is 15.9. The van der Waals surface area contributed by atoms with Crippen molar-refractivity contribution in [1.29, 1.82) is 0 Å². The fraction of sp³-hybridized carbons (Fsp3) is 0. The van der Waals surface area contributed by atoms with E-state index in [1.54, 1.807) is 24.8 Å². The molecule has 4 heterocycles. The molecule has 0 aromatic carbocycles. The van der Waals surface area contributed by atoms with Crippen molar-refractivity contribution in [2.45, 2.75) is 0 Å². The SMILES string of the molecule is F[P-](F)(F)(F)(F)F.[Li+].c1cc[nH+]cc1.c1cc[nH+]cc1.c1ccncc1.c1ccncc1. The maximum atomic E-state index is 9.87. The number of halogens is 6. The molecule has 0 atom stereocenters. The first kappa shape index (κ1) is 31.4. The molecule has 0 aliphatic heterocycles. The van der Waals surface area contributed by atoms with Gasteiger partial charge in [-0.15, -0.1) is 0 Å². The fourth-order valence-corrected chi connectivity index (χ4v) is 1.31. The van der Waals surface area contributed by atoms with Crippen LogP contribution in [0.4, 0.5) is 25.2 Å². The number of aromatic nitrogens is 4. The molecule has 4 aromatic heterocycles. The average molecular weight is 470 g/mol. The number of hydrogen-bond donors (Lipinski definition) is 0. The van der Waals surface area contributed by atoms with E-state index in [1.807, 2.05) is 97.6 Å². The van der Waals surface area contributed by atoms with Gasteiger partial charge in [0.25, 0.3) is 0 Å². The van der Waals surface area contributed by atoms with Crippen LogP contribution in [0.25, 0.3) is 0 Å². The Morgan fingerprint density at radius 3 is 0.688 bits per heavy atom. The van der Waals surface area contributed by atoms with Crippen molar-refractivity contribution < 1.29 is 54.0 Å². The van der Waals surface area contributed by atoms with Gasteiger partial charge in [-0.25, -0.2) is 9.97 Å². The normalized spacial score (nSPS) is 11.1. The van der Waals surface area contributed by atoms with Crippen molar-refractivity contribution in [3.63, 3.8) is 0 Å². The molecule has 0 unspecified atom stereocenters. The number of hydrogen-bond acceptors (Lipinski definition) is 2. The van der Waals surface area contributed by atoms with Crippen LogP contribution in [0.2, 0.25) is 0 Å². The molecular formula is C20H22F6LiN4P+2. The Bertz CT molecular complexity index is 633. The van der Waals surface area contributed by atoms with E-state index in [4.69, 9.17) is 0 Å². The summed E-state index contributed by atoms with van der Waals surface area (Å²) in [6.45, 7) is 0. The van der Waals surface area contributed by atoms with Gasteiger partial charge in [-0.1, -0.05) is 24.3 Å². The van der Waals surface area contributed by atoms with Crippen molar-refractivity contribution in [2.24, 2.45) is 0 Å². The van der Waals surface area contributed by atoms with Gasteiger partial charge in [-0.2, -0.15) is 0 Å². The van der Waals surface area contributed by atoms with E-state index >= 15 is 0 Å². The Morgan fingerprint density at radius 1 is 0.406 bits per heavy atom. The van der Waals surface area contributed by atoms with Gasteiger partial charge in [0.2, 0.25) is 0 Å². The molecule has 0 amide bonds. The first-order chi connectivity index (χ1) is 14.4. The molecular weight excluding hydrogens is 448 g/mol. The monoisotopic (exact) mass is 470 g/mol. The number of H-pyrrole nitrogens is 2. The predicted octanol–water partition coefficient (Wildman–Crippen LogP) is 3.55. The second-order valence-corrected chi connectivity index (χ2v) is 7.08. The maximum Gasteiger partial charge on any atom is 1.00 e. The quantitative estimate of drug-likeness (QED) is 0.224. The molecule has 0 aliphatic carbocycles. The van der Waals surface area contributed by atoms with Crippen LogP contribution in [-0.4, -0.2) is 9.97 Å². The molecule has 4 aromatic rings. The molecule has 0 fully saturated rings. The molecule has 0 spiro atoms. The van der Waals surface area contributed by atoms with E-state index in [0.29, 0.717) is 0 Å². The zero-order valence-electron chi connectivity index (χ0n) is 17.2. The van der Waals surface area contributed by atoms with E-state index in [1.165, 1.54) is 0 Å². The number of rotatable bonds is 0. The molecule has 0 bridgehead atoms. The largest absolute Gasteiger partial charge is 1.00 e. The number of aromatic amines is 2. The zero-order valence-corrected chi connectivity index (χ0v) is 18.1. The van der Waals surface area contributed by atoms with E-state index in [-0.39, 0.29) is 18.9 Å². The maximum absolute atomic E-state index is 10.7. The van der Waals surface area contributed by atoms with Gasteiger partial charge in [0, 0.05) is 49.1 Å². The van der Waals surface area contributed by atoms with Crippen LogP contribution in [0.1, 0.15) is 0 Å². The van der Waals surface area contributed by atoms with Gasteiger partial charge >= 0.3 is 51.9 Å². The third-order valence-electron chi connectivity index (χ3n) is 2.35. The van der Waals surface area contributed by atoms with Crippen molar-refractivity contribution in [3.05, 3.63) is 122 Å². The van der Waals surface area contributed by atoms with Gasteiger partial charge in [-0.05, 0) is 24.3 Å². The van der Waals surface area contributed by atoms with Crippen molar-refractivity contribution in [2.75, 3.05) is 0 Å². The summed E-state index contributed by atoms with van der Waals surface area (Å²) in [5, 5.41) is 0. The Hall–Kier alpha value is -2.79. The third-order valence-corrected chi connectivity index (χ3v) is 2.35. The van der Waals surface area contributed by atoms with Gasteiger partial charge in [0.05, 0.1) is 0 Å². The summed E-state index contributed by atoms with van der Waals surface area (Å²) in [7, 11) is -10.7. The molecule has 0 radical (unpaired) electrons. The molecule has 0 saturated heterocycles. The molecule has 32 heavy (non-hydrogen) atoms. The molecule has 4 nitrogen and oxygen atoms in total. The van der Waals surface area contributed by atoms with Gasteiger partial charge < -0.3 is 0 Å². The number of pyridine rings is 4. The first-order valence-corrected chi connectivity index (χ1v) is 10.6. The van der Waals surface area contributed by atoms with Gasteiger partial charge in [0.1, 0.15) is 0 Å². The van der Waals surface area contributed by atoms with E-state index in [9.17, 15) is 25.2 Å². The smallest absolute Gasteiger partial charge is 0.265 e. The zero-order chi connectivity index (χ0) is 23.4. The summed E-state index contributed by atoms with van der Waals surface area (Å²) in [4.78, 5) is 13.4. The minimum absolute atomic E-state index is 0. The van der Waals surface area contributed by atoms with Crippen LogP contribution in [-0.2, 0) is 0 Å². The van der Waals surface area contributed by atoms with Crippen molar-refractivity contribution in [1.82, 2.24) is 9.97 Å².